The molecule has 0 saturated carbocycles. The number of phenols is 1. The van der Waals surface area contributed by atoms with Crippen LogP contribution < -0.4 is 0 Å². The summed E-state index contributed by atoms with van der Waals surface area (Å²) in [5.41, 5.74) is 0.508. The van der Waals surface area contributed by atoms with Crippen LogP contribution in [0.15, 0.2) is 35.6 Å². The van der Waals surface area contributed by atoms with Crippen molar-refractivity contribution in [2.24, 2.45) is 0 Å². The Labute approximate surface area is 123 Å². The highest BCUT2D eigenvalue weighted by molar-refractivity contribution is 6.08. The van der Waals surface area contributed by atoms with Gasteiger partial charge in [-0.05, 0) is 19.4 Å². The van der Waals surface area contributed by atoms with Gasteiger partial charge in [0.05, 0.1) is 11.6 Å². The molecule has 1 amide bonds. The lowest BCUT2D eigenvalue weighted by Gasteiger charge is -2.26. The normalized spacial score (nSPS) is 18.5. The molecule has 2 rings (SSSR count). The minimum atomic E-state index is -0.720. The van der Waals surface area contributed by atoms with Gasteiger partial charge in [0.15, 0.2) is 11.5 Å². The number of hydrogen-bond donors (Lipinski definition) is 2. The fourth-order valence-corrected chi connectivity index (χ4v) is 2.61. The number of nitrogens with zero attached hydrogens (tertiary/aromatic N) is 1. The summed E-state index contributed by atoms with van der Waals surface area (Å²) in [5, 5.41) is 20.0. The number of para-hydroxylation sites is 1. The van der Waals surface area contributed by atoms with Gasteiger partial charge in [-0.1, -0.05) is 31.5 Å². The lowest BCUT2D eigenvalue weighted by Crippen LogP contribution is -2.31. The summed E-state index contributed by atoms with van der Waals surface area (Å²) in [4.78, 5) is 25.5. The van der Waals surface area contributed by atoms with Gasteiger partial charge in [-0.3, -0.25) is 9.59 Å². The molecular weight excluding hydrogens is 270 g/mol. The standard InChI is InChI=1S/C16H19NO4/c1-3-4-9-17-14(11-7-5-6-8-12(11)19)13(10(2)18)15(20)16(17)21/h5-8,14,19-20H,3-4,9H2,1-2H3. The quantitative estimate of drug-likeness (QED) is 0.873. The van der Waals surface area contributed by atoms with Gasteiger partial charge in [0.25, 0.3) is 5.91 Å². The molecular formula is C16H19NO4. The van der Waals surface area contributed by atoms with Crippen LogP contribution in [0.4, 0.5) is 0 Å². The number of amides is 1. The number of aliphatic hydroxyl groups excluding tert-OH is 1. The molecule has 0 aliphatic carbocycles. The van der Waals surface area contributed by atoms with Crippen LogP contribution in [0.25, 0.3) is 0 Å². The van der Waals surface area contributed by atoms with Crippen LogP contribution in [0, 0.1) is 0 Å². The molecule has 0 aromatic heterocycles. The summed E-state index contributed by atoms with van der Waals surface area (Å²) < 4.78 is 0. The Hall–Kier alpha value is -2.30. The number of ketones is 1. The highest BCUT2D eigenvalue weighted by Crippen LogP contribution is 2.40. The van der Waals surface area contributed by atoms with Crippen molar-refractivity contribution in [3.63, 3.8) is 0 Å². The lowest BCUT2D eigenvalue weighted by molar-refractivity contribution is -0.129. The van der Waals surface area contributed by atoms with Crippen LogP contribution in [0.3, 0.4) is 0 Å². The molecule has 5 heteroatoms. The van der Waals surface area contributed by atoms with E-state index in [9.17, 15) is 19.8 Å². The van der Waals surface area contributed by atoms with Crippen LogP contribution >= 0.6 is 0 Å². The molecule has 1 atom stereocenters. The molecule has 2 N–H and O–H groups in total. The Kier molecular flexibility index (Phi) is 4.31. The summed E-state index contributed by atoms with van der Waals surface area (Å²) in [6.07, 6.45) is 1.64. The first-order valence-corrected chi connectivity index (χ1v) is 7.02. The highest BCUT2D eigenvalue weighted by atomic mass is 16.3. The maximum atomic E-state index is 12.2. The SMILES string of the molecule is CCCCN1C(=O)C(O)=C(C(C)=O)C1c1ccccc1O. The summed E-state index contributed by atoms with van der Waals surface area (Å²) in [7, 11) is 0. The van der Waals surface area contributed by atoms with Gasteiger partial charge in [-0.15, -0.1) is 0 Å². The number of phenolic OH excluding ortho intramolecular Hbond substituents is 1. The number of carbonyl (C=O) groups excluding carboxylic acids is 2. The van der Waals surface area contributed by atoms with Crippen LogP contribution in [-0.2, 0) is 9.59 Å². The maximum Gasteiger partial charge on any atom is 0.290 e. The first-order chi connectivity index (χ1) is 9.99. The van der Waals surface area contributed by atoms with Gasteiger partial charge in [0.1, 0.15) is 5.75 Å². The Bertz CT molecular complexity index is 606. The third kappa shape index (κ3) is 2.63. The zero-order valence-electron chi connectivity index (χ0n) is 12.2. The molecule has 0 saturated heterocycles. The molecule has 1 heterocycles. The van der Waals surface area contributed by atoms with E-state index in [0.717, 1.165) is 12.8 Å². The van der Waals surface area contributed by atoms with Gasteiger partial charge in [-0.25, -0.2) is 0 Å². The average Bonchev–Trinajstić information content (AvgIpc) is 2.69. The molecule has 0 radical (unpaired) electrons. The predicted molar refractivity (Wildman–Crippen MR) is 77.8 cm³/mol. The maximum absolute atomic E-state index is 12.2. The van der Waals surface area contributed by atoms with Crippen molar-refractivity contribution in [2.45, 2.75) is 32.7 Å². The van der Waals surface area contributed by atoms with Crippen molar-refractivity contribution < 1.29 is 19.8 Å². The predicted octanol–water partition coefficient (Wildman–Crippen LogP) is 2.48. The molecule has 1 aliphatic rings. The Morgan fingerprint density at radius 3 is 2.52 bits per heavy atom. The Balaban J connectivity index is 2.52. The highest BCUT2D eigenvalue weighted by Gasteiger charge is 2.42. The fraction of sp³-hybridized carbons (Fsp3) is 0.375. The Morgan fingerprint density at radius 2 is 1.95 bits per heavy atom. The van der Waals surface area contributed by atoms with Crippen molar-refractivity contribution >= 4 is 11.7 Å². The second kappa shape index (κ2) is 5.99. The van der Waals surface area contributed by atoms with Gasteiger partial charge in [0, 0.05) is 12.1 Å². The topological polar surface area (TPSA) is 77.8 Å². The third-order valence-electron chi connectivity index (χ3n) is 3.67. The first kappa shape index (κ1) is 15.1. The molecule has 0 bridgehead atoms. The average molecular weight is 289 g/mol. The minimum absolute atomic E-state index is 0.00486. The fourth-order valence-electron chi connectivity index (χ4n) is 2.61. The van der Waals surface area contributed by atoms with Crippen molar-refractivity contribution in [3.05, 3.63) is 41.2 Å². The summed E-state index contributed by atoms with van der Waals surface area (Å²) in [6, 6.07) is 5.84. The number of aromatic hydroxyl groups is 1. The van der Waals surface area contributed by atoms with E-state index in [2.05, 4.69) is 0 Å². The molecule has 1 unspecified atom stereocenters. The summed E-state index contributed by atoms with van der Waals surface area (Å²) in [5.74, 6) is -1.42. The molecule has 1 aromatic carbocycles. The van der Waals surface area contributed by atoms with E-state index >= 15 is 0 Å². The van der Waals surface area contributed by atoms with Crippen LogP contribution in [0.5, 0.6) is 5.75 Å². The lowest BCUT2D eigenvalue weighted by atomic mass is 9.96. The first-order valence-electron chi connectivity index (χ1n) is 7.02. The van der Waals surface area contributed by atoms with E-state index in [1.54, 1.807) is 18.2 Å². The van der Waals surface area contributed by atoms with E-state index in [4.69, 9.17) is 0 Å². The molecule has 21 heavy (non-hydrogen) atoms. The monoisotopic (exact) mass is 289 g/mol. The van der Waals surface area contributed by atoms with Crippen LogP contribution in [0.1, 0.15) is 38.3 Å². The molecule has 112 valence electrons. The van der Waals surface area contributed by atoms with Crippen molar-refractivity contribution in [2.75, 3.05) is 6.54 Å². The largest absolute Gasteiger partial charge is 0.508 e. The number of benzene rings is 1. The number of Topliss-reactive ketones (excluding diaryl/α,β-unsaturated/α-hetero) is 1. The second-order valence-electron chi connectivity index (χ2n) is 5.13. The molecule has 0 spiro atoms. The van der Waals surface area contributed by atoms with E-state index < -0.39 is 17.7 Å². The zero-order chi connectivity index (χ0) is 15.6. The smallest absolute Gasteiger partial charge is 0.290 e. The molecule has 1 aromatic rings. The van der Waals surface area contributed by atoms with Crippen LogP contribution in [0.2, 0.25) is 0 Å². The molecule has 5 nitrogen and oxygen atoms in total. The number of rotatable bonds is 5. The molecule has 0 fully saturated rings. The minimum Gasteiger partial charge on any atom is -0.508 e. The Morgan fingerprint density at radius 1 is 1.29 bits per heavy atom. The van der Waals surface area contributed by atoms with Gasteiger partial charge in [-0.2, -0.15) is 0 Å². The van der Waals surface area contributed by atoms with Crippen molar-refractivity contribution in [1.82, 2.24) is 4.90 Å². The number of aliphatic hydroxyl groups is 1. The van der Waals surface area contributed by atoms with E-state index in [1.165, 1.54) is 17.9 Å². The van der Waals surface area contributed by atoms with E-state index in [-0.39, 0.29) is 17.1 Å². The van der Waals surface area contributed by atoms with Gasteiger partial charge >= 0.3 is 0 Å². The van der Waals surface area contributed by atoms with Crippen LogP contribution in [-0.4, -0.2) is 33.3 Å². The second-order valence-corrected chi connectivity index (χ2v) is 5.13. The zero-order valence-corrected chi connectivity index (χ0v) is 12.2. The van der Waals surface area contributed by atoms with E-state index in [0.29, 0.717) is 12.1 Å². The third-order valence-corrected chi connectivity index (χ3v) is 3.67. The van der Waals surface area contributed by atoms with Gasteiger partial charge < -0.3 is 15.1 Å². The van der Waals surface area contributed by atoms with E-state index in [1.807, 2.05) is 6.92 Å². The van der Waals surface area contributed by atoms with Gasteiger partial charge in [0.2, 0.25) is 0 Å². The number of carbonyl (C=O) groups is 2. The summed E-state index contributed by atoms with van der Waals surface area (Å²) in [6.45, 7) is 3.74. The van der Waals surface area contributed by atoms with Crippen molar-refractivity contribution in [3.8, 4) is 5.75 Å². The summed E-state index contributed by atoms with van der Waals surface area (Å²) >= 11 is 0. The van der Waals surface area contributed by atoms with Crippen molar-refractivity contribution in [1.29, 1.82) is 0 Å². The number of unbranched alkanes of at least 4 members (excludes halogenated alkanes) is 1. The number of hydrogen-bond acceptors (Lipinski definition) is 4. The molecule has 1 aliphatic heterocycles.